The first kappa shape index (κ1) is 10.5. The van der Waals surface area contributed by atoms with E-state index in [0.29, 0.717) is 0 Å². The van der Waals surface area contributed by atoms with Gasteiger partial charge in [0.25, 0.3) is 0 Å². The second-order valence-corrected chi connectivity index (χ2v) is 4.28. The molecule has 0 radical (unpaired) electrons. The number of hydrogen-bond acceptors (Lipinski definition) is 4. The minimum atomic E-state index is 0.203. The van der Waals surface area contributed by atoms with Gasteiger partial charge in [-0.3, -0.25) is 11.3 Å². The molecule has 3 N–H and O–H groups in total. The third-order valence-electron chi connectivity index (χ3n) is 3.23. The lowest BCUT2D eigenvalue weighted by Gasteiger charge is -2.19. The zero-order valence-electron chi connectivity index (χ0n) is 8.89. The fourth-order valence-electron chi connectivity index (χ4n) is 2.37. The van der Waals surface area contributed by atoms with Gasteiger partial charge in [-0.1, -0.05) is 25.7 Å². The third-order valence-corrected chi connectivity index (χ3v) is 3.23. The van der Waals surface area contributed by atoms with Crippen molar-refractivity contribution in [3.8, 4) is 0 Å². The summed E-state index contributed by atoms with van der Waals surface area (Å²) in [5.41, 5.74) is 3.95. The Bertz CT molecular complexity index is 282. The van der Waals surface area contributed by atoms with Crippen LogP contribution in [0.1, 0.15) is 43.7 Å². The lowest BCUT2D eigenvalue weighted by molar-refractivity contribution is 0.399. The maximum Gasteiger partial charge on any atom is 0.115 e. The molecule has 4 nitrogen and oxygen atoms in total. The molecule has 1 aromatic heterocycles. The van der Waals surface area contributed by atoms with Crippen LogP contribution in [0, 0.1) is 5.92 Å². The molecule has 1 aliphatic carbocycles. The molecule has 1 unspecified atom stereocenters. The Labute approximate surface area is 90.3 Å². The summed E-state index contributed by atoms with van der Waals surface area (Å²) < 4.78 is 0. The summed E-state index contributed by atoms with van der Waals surface area (Å²) in [5, 5.41) is 0. The van der Waals surface area contributed by atoms with Crippen molar-refractivity contribution in [2.45, 2.75) is 38.1 Å². The summed E-state index contributed by atoms with van der Waals surface area (Å²) >= 11 is 0. The van der Waals surface area contributed by atoms with Crippen LogP contribution in [0.15, 0.2) is 18.7 Å². The summed E-state index contributed by atoms with van der Waals surface area (Å²) in [6, 6.07) is 0.203. The maximum absolute atomic E-state index is 5.58. The standard InChI is InChI=1S/C11H18N4/c12-15-11(5-9-3-1-2-4-9)10-6-13-8-14-7-10/h6-9,11,15H,1-5,12H2. The van der Waals surface area contributed by atoms with Crippen molar-refractivity contribution < 1.29 is 0 Å². The van der Waals surface area contributed by atoms with Gasteiger partial charge in [0, 0.05) is 24.0 Å². The van der Waals surface area contributed by atoms with Gasteiger partial charge < -0.3 is 0 Å². The highest BCUT2D eigenvalue weighted by Crippen LogP contribution is 2.32. The highest BCUT2D eigenvalue weighted by molar-refractivity contribution is 5.09. The Balaban J connectivity index is 1.97. The molecule has 1 atom stereocenters. The van der Waals surface area contributed by atoms with E-state index >= 15 is 0 Å². The van der Waals surface area contributed by atoms with Crippen LogP contribution in [0.25, 0.3) is 0 Å². The topological polar surface area (TPSA) is 63.8 Å². The molecule has 82 valence electrons. The zero-order valence-corrected chi connectivity index (χ0v) is 8.89. The van der Waals surface area contributed by atoms with E-state index in [4.69, 9.17) is 5.84 Å². The molecule has 1 aromatic rings. The monoisotopic (exact) mass is 206 g/mol. The van der Waals surface area contributed by atoms with Gasteiger partial charge in [0.1, 0.15) is 6.33 Å². The second-order valence-electron chi connectivity index (χ2n) is 4.28. The van der Waals surface area contributed by atoms with E-state index < -0.39 is 0 Å². The normalized spacial score (nSPS) is 19.3. The number of hydrazine groups is 1. The van der Waals surface area contributed by atoms with Crippen LogP contribution >= 0.6 is 0 Å². The molecule has 15 heavy (non-hydrogen) atoms. The lowest BCUT2D eigenvalue weighted by Crippen LogP contribution is -2.29. The van der Waals surface area contributed by atoms with Gasteiger partial charge in [0.05, 0.1) is 0 Å². The van der Waals surface area contributed by atoms with Crippen LogP contribution in [0.3, 0.4) is 0 Å². The minimum Gasteiger partial charge on any atom is -0.271 e. The number of nitrogens with zero attached hydrogens (tertiary/aromatic N) is 2. The quantitative estimate of drug-likeness (QED) is 0.579. The number of nitrogens with one attached hydrogen (secondary N) is 1. The van der Waals surface area contributed by atoms with Crippen molar-refractivity contribution in [3.63, 3.8) is 0 Å². The van der Waals surface area contributed by atoms with E-state index in [-0.39, 0.29) is 6.04 Å². The summed E-state index contributed by atoms with van der Waals surface area (Å²) in [7, 11) is 0. The second kappa shape index (κ2) is 5.19. The Morgan fingerprint density at radius 3 is 2.60 bits per heavy atom. The van der Waals surface area contributed by atoms with Crippen molar-refractivity contribution in [1.82, 2.24) is 15.4 Å². The first-order valence-electron chi connectivity index (χ1n) is 5.61. The molecule has 0 amide bonds. The number of rotatable bonds is 4. The molecule has 0 aliphatic heterocycles. The van der Waals surface area contributed by atoms with Gasteiger partial charge in [0.15, 0.2) is 0 Å². The fraction of sp³-hybridized carbons (Fsp3) is 0.636. The number of aromatic nitrogens is 2. The molecule has 0 aromatic carbocycles. The molecule has 1 saturated carbocycles. The molecular formula is C11H18N4. The average molecular weight is 206 g/mol. The van der Waals surface area contributed by atoms with Crippen molar-refractivity contribution in [2.75, 3.05) is 0 Å². The molecule has 1 fully saturated rings. The largest absolute Gasteiger partial charge is 0.271 e. The smallest absolute Gasteiger partial charge is 0.115 e. The predicted molar refractivity (Wildman–Crippen MR) is 58.7 cm³/mol. The Hall–Kier alpha value is -1.00. The summed E-state index contributed by atoms with van der Waals surface area (Å²) in [4.78, 5) is 8.04. The first-order valence-corrected chi connectivity index (χ1v) is 5.61. The van der Waals surface area contributed by atoms with E-state index in [1.165, 1.54) is 25.7 Å². The molecule has 0 spiro atoms. The highest BCUT2D eigenvalue weighted by atomic mass is 15.2. The van der Waals surface area contributed by atoms with Crippen LogP contribution in [-0.2, 0) is 0 Å². The van der Waals surface area contributed by atoms with Gasteiger partial charge in [-0.2, -0.15) is 0 Å². The third kappa shape index (κ3) is 2.73. The summed E-state index contributed by atoms with van der Waals surface area (Å²) in [6.45, 7) is 0. The number of nitrogens with two attached hydrogens (primary N) is 1. The van der Waals surface area contributed by atoms with Crippen molar-refractivity contribution in [1.29, 1.82) is 0 Å². The Morgan fingerprint density at radius 1 is 1.33 bits per heavy atom. The molecular weight excluding hydrogens is 188 g/mol. The van der Waals surface area contributed by atoms with Crippen LogP contribution in [0.5, 0.6) is 0 Å². The van der Waals surface area contributed by atoms with Gasteiger partial charge in [-0.15, -0.1) is 0 Å². The highest BCUT2D eigenvalue weighted by Gasteiger charge is 2.20. The minimum absolute atomic E-state index is 0.203. The average Bonchev–Trinajstić information content (AvgIpc) is 2.80. The Morgan fingerprint density at radius 2 is 2.00 bits per heavy atom. The summed E-state index contributed by atoms with van der Waals surface area (Å²) in [6.07, 6.45) is 11.7. The van der Waals surface area contributed by atoms with Crippen molar-refractivity contribution >= 4 is 0 Å². The lowest BCUT2D eigenvalue weighted by atomic mass is 9.95. The summed E-state index contributed by atoms with van der Waals surface area (Å²) in [5.74, 6) is 6.39. The molecule has 2 rings (SSSR count). The molecule has 0 bridgehead atoms. The van der Waals surface area contributed by atoms with Crippen LogP contribution in [-0.4, -0.2) is 9.97 Å². The van der Waals surface area contributed by atoms with Gasteiger partial charge in [-0.25, -0.2) is 9.97 Å². The SMILES string of the molecule is NNC(CC1CCCC1)c1cncnc1. The van der Waals surface area contributed by atoms with E-state index in [1.54, 1.807) is 6.33 Å². The van der Waals surface area contributed by atoms with E-state index in [9.17, 15) is 0 Å². The molecule has 1 heterocycles. The molecule has 0 saturated heterocycles. The van der Waals surface area contributed by atoms with Crippen LogP contribution in [0.4, 0.5) is 0 Å². The maximum atomic E-state index is 5.58. The van der Waals surface area contributed by atoms with Crippen LogP contribution < -0.4 is 11.3 Å². The zero-order chi connectivity index (χ0) is 10.5. The van der Waals surface area contributed by atoms with E-state index in [0.717, 1.165) is 17.9 Å². The fourth-order valence-corrected chi connectivity index (χ4v) is 2.37. The van der Waals surface area contributed by atoms with Crippen molar-refractivity contribution in [3.05, 3.63) is 24.3 Å². The van der Waals surface area contributed by atoms with E-state index in [1.807, 2.05) is 12.4 Å². The molecule has 4 heteroatoms. The van der Waals surface area contributed by atoms with Crippen molar-refractivity contribution in [2.24, 2.45) is 11.8 Å². The van der Waals surface area contributed by atoms with Crippen LogP contribution in [0.2, 0.25) is 0 Å². The van der Waals surface area contributed by atoms with Gasteiger partial charge in [-0.05, 0) is 12.3 Å². The number of hydrogen-bond donors (Lipinski definition) is 2. The van der Waals surface area contributed by atoms with E-state index in [2.05, 4.69) is 15.4 Å². The first-order chi connectivity index (χ1) is 7.40. The predicted octanol–water partition coefficient (Wildman–Crippen LogP) is 1.56. The molecule has 1 aliphatic rings. The van der Waals surface area contributed by atoms with Gasteiger partial charge in [0.2, 0.25) is 0 Å². The van der Waals surface area contributed by atoms with Gasteiger partial charge >= 0.3 is 0 Å². The Kier molecular flexibility index (Phi) is 3.64.